The van der Waals surface area contributed by atoms with Gasteiger partial charge in [0.15, 0.2) is 20.2 Å². The largest absolute Gasteiger partial charge is 0.743 e. The number of esters is 4. The van der Waals surface area contributed by atoms with Crippen LogP contribution in [-0.2, 0) is 69.7 Å². The molecule has 2 rings (SSSR count). The minimum absolute atomic E-state index is 0.0932. The molecule has 2 atom stereocenters. The maximum Gasteiger partial charge on any atom is 0.468 e. The molecule has 0 aromatic heterocycles. The molecule has 2 unspecified atom stereocenters. The molecule has 0 spiro atoms. The Labute approximate surface area is 327 Å². The fraction of sp³-hybridized carbons (Fsp3) is 0.333. The average molecular weight is 931 g/mol. The first-order valence-corrected chi connectivity index (χ1v) is 17.5. The summed E-state index contributed by atoms with van der Waals surface area (Å²) in [6, 6.07) is 11.3. The van der Waals surface area contributed by atoms with Gasteiger partial charge in [-0.15, -0.1) is 0 Å². The van der Waals surface area contributed by atoms with E-state index >= 15 is 0 Å². The molecule has 0 heterocycles. The molecular weight excluding hydrogens is 908 g/mol. The Bertz CT molecular complexity index is 2130. The Morgan fingerprint density at radius 2 is 0.983 bits per heavy atom. The molecule has 0 radical (unpaired) electrons. The number of carbonyl (C=O) groups excluding carboxylic acids is 4. The smallest absolute Gasteiger partial charge is 0.468 e. The Morgan fingerprint density at radius 1 is 0.617 bits per heavy atom. The lowest BCUT2D eigenvalue weighted by Crippen LogP contribution is -2.60. The van der Waals surface area contributed by atoms with E-state index in [9.17, 15) is 97.8 Å². The zero-order chi connectivity index (χ0) is 46.9. The SMILES string of the molecule is C=C(F)C(=O)OC(OCC(F)(F)S(=O)(=O)[O-])(C(=O)OCc1ccccc1)C(F)(F)F.C=C(F)C(=O)OC(OCC(F)(F)S(=O)(=O)[O-])(C(=O)Oc1ccc(C)cc1)C(F)(F)F. The van der Waals surface area contributed by atoms with Crippen molar-refractivity contribution in [3.05, 3.63) is 90.5 Å². The highest BCUT2D eigenvalue weighted by molar-refractivity contribution is 7.87. The second-order valence-corrected chi connectivity index (χ2v) is 13.9. The lowest BCUT2D eigenvalue weighted by atomic mass is 10.2. The maximum atomic E-state index is 13.6. The third-order valence-corrected chi connectivity index (χ3v) is 7.96. The predicted octanol–water partition coefficient (Wildman–Crippen LogP) is 4.51. The van der Waals surface area contributed by atoms with Gasteiger partial charge >= 0.3 is 58.3 Å². The number of hydrogen-bond donors (Lipinski definition) is 0. The highest BCUT2D eigenvalue weighted by Crippen LogP contribution is 2.40. The highest BCUT2D eigenvalue weighted by Gasteiger charge is 2.70. The third-order valence-electron chi connectivity index (χ3n) is 6.26. The summed E-state index contributed by atoms with van der Waals surface area (Å²) < 4.78 is 246. The van der Waals surface area contributed by atoms with Gasteiger partial charge in [-0.25, -0.2) is 36.0 Å². The summed E-state index contributed by atoms with van der Waals surface area (Å²) in [6.07, 6.45) is -12.4. The van der Waals surface area contributed by atoms with E-state index in [-0.39, 0.29) is 5.56 Å². The fourth-order valence-electron chi connectivity index (χ4n) is 3.26. The molecule has 60 heavy (non-hydrogen) atoms. The standard InChI is InChI=1S/2C15H12F6O8S/c1-8-3-5-10(6-4-8)28-12(23)14(15(19,20)21,29-11(22)9(2)16)27-7-13(17,18)30(24,25)26;1-9(16)11(22)29-14(15(19,20)21,28-8-13(17,18)30(24,25)26)12(23)27-7-10-5-3-2-4-6-10/h3-6H,2,7H2,1H3,(H,24,25,26);2-6H,1,7-8H2,(H,24,25,26)/p-2. The molecule has 30 heteroatoms. The number of ether oxygens (including phenoxy) is 6. The molecule has 2 aromatic rings. The molecule has 0 aliphatic rings. The van der Waals surface area contributed by atoms with Crippen LogP contribution in [0.3, 0.4) is 0 Å². The van der Waals surface area contributed by atoms with Crippen molar-refractivity contribution in [1.82, 2.24) is 0 Å². The van der Waals surface area contributed by atoms with Gasteiger partial charge in [0, 0.05) is 0 Å². The molecule has 0 bridgehead atoms. The van der Waals surface area contributed by atoms with E-state index in [0.29, 0.717) is 5.56 Å². The van der Waals surface area contributed by atoms with E-state index in [2.05, 4.69) is 41.6 Å². The van der Waals surface area contributed by atoms with Crippen LogP contribution in [0.25, 0.3) is 0 Å². The number of hydrogen-bond acceptors (Lipinski definition) is 16. The van der Waals surface area contributed by atoms with Gasteiger partial charge in [0.05, 0.1) is 0 Å². The Balaban J connectivity index is 0.000000600. The van der Waals surface area contributed by atoms with E-state index in [1.54, 1.807) is 6.92 Å². The molecule has 2 aromatic carbocycles. The van der Waals surface area contributed by atoms with E-state index in [1.807, 2.05) is 0 Å². The van der Waals surface area contributed by atoms with Crippen LogP contribution >= 0.6 is 0 Å². The van der Waals surface area contributed by atoms with Crippen LogP contribution in [0.4, 0.5) is 52.7 Å². The molecule has 0 N–H and O–H groups in total. The van der Waals surface area contributed by atoms with E-state index < -0.39 is 116 Å². The van der Waals surface area contributed by atoms with Crippen molar-refractivity contribution in [3.63, 3.8) is 0 Å². The third kappa shape index (κ3) is 13.6. The monoisotopic (exact) mass is 930 g/mol. The lowest BCUT2D eigenvalue weighted by Gasteiger charge is -2.33. The topological polar surface area (TPSA) is 238 Å². The first-order chi connectivity index (χ1) is 27.0. The van der Waals surface area contributed by atoms with E-state index in [1.165, 1.54) is 42.5 Å². The van der Waals surface area contributed by atoms with Gasteiger partial charge in [-0.1, -0.05) is 61.2 Å². The molecule has 0 saturated heterocycles. The number of halogens is 12. The maximum absolute atomic E-state index is 13.6. The van der Waals surface area contributed by atoms with Crippen molar-refractivity contribution < 1.29 is 126 Å². The summed E-state index contributed by atoms with van der Waals surface area (Å²) in [7, 11) is -13.1. The predicted molar refractivity (Wildman–Crippen MR) is 164 cm³/mol. The van der Waals surface area contributed by atoms with Crippen LogP contribution in [0.1, 0.15) is 11.1 Å². The molecule has 0 amide bonds. The Kier molecular flexibility index (Phi) is 17.0. The molecule has 0 aliphatic heterocycles. The van der Waals surface area contributed by atoms with Crippen molar-refractivity contribution in [2.24, 2.45) is 0 Å². The minimum atomic E-state index is -6.56. The number of benzene rings is 2. The van der Waals surface area contributed by atoms with E-state index in [4.69, 9.17) is 0 Å². The zero-order valence-corrected chi connectivity index (χ0v) is 30.7. The van der Waals surface area contributed by atoms with Crippen LogP contribution in [0, 0.1) is 6.92 Å². The molecule has 0 aliphatic carbocycles. The van der Waals surface area contributed by atoms with Gasteiger partial charge < -0.3 is 37.5 Å². The number of carbonyl (C=O) groups is 4. The first-order valence-electron chi connectivity index (χ1n) is 14.7. The van der Waals surface area contributed by atoms with Gasteiger partial charge in [0.2, 0.25) is 11.7 Å². The number of aryl methyl sites for hydroxylation is 1. The minimum Gasteiger partial charge on any atom is -0.743 e. The second-order valence-electron chi connectivity index (χ2n) is 10.8. The van der Waals surface area contributed by atoms with Crippen LogP contribution < -0.4 is 4.74 Å². The summed E-state index contributed by atoms with van der Waals surface area (Å²) in [5, 5.41) is -11.0. The first kappa shape index (κ1) is 52.7. The summed E-state index contributed by atoms with van der Waals surface area (Å²) in [5.41, 5.74) is 0.657. The van der Waals surface area contributed by atoms with Crippen molar-refractivity contribution >= 4 is 44.1 Å². The van der Waals surface area contributed by atoms with Gasteiger partial charge in [-0.3, -0.25) is 0 Å². The summed E-state index contributed by atoms with van der Waals surface area (Å²) in [5.74, 6) is -25.6. The summed E-state index contributed by atoms with van der Waals surface area (Å²) >= 11 is 0. The van der Waals surface area contributed by atoms with Gasteiger partial charge in [-0.05, 0) is 24.6 Å². The number of alkyl halides is 10. The molecule has 16 nitrogen and oxygen atoms in total. The van der Waals surface area contributed by atoms with Crippen LogP contribution in [0.5, 0.6) is 5.75 Å². The van der Waals surface area contributed by atoms with Crippen molar-refractivity contribution in [1.29, 1.82) is 0 Å². The normalized spacial score (nSPS) is 14.5. The lowest BCUT2D eigenvalue weighted by molar-refractivity contribution is -0.360. The number of rotatable bonds is 17. The van der Waals surface area contributed by atoms with Gasteiger partial charge in [-0.2, -0.15) is 52.7 Å². The van der Waals surface area contributed by atoms with Crippen molar-refractivity contribution in [3.8, 4) is 5.75 Å². The molecule has 0 saturated carbocycles. The van der Waals surface area contributed by atoms with Crippen molar-refractivity contribution in [2.45, 2.75) is 48.0 Å². The quantitative estimate of drug-likeness (QED) is 0.0403. The van der Waals surface area contributed by atoms with Crippen LogP contribution in [-0.4, -0.2) is 97.5 Å². The van der Waals surface area contributed by atoms with Crippen LogP contribution in [0.15, 0.2) is 79.4 Å². The van der Waals surface area contributed by atoms with Crippen LogP contribution in [0.2, 0.25) is 0 Å². The van der Waals surface area contributed by atoms with E-state index in [0.717, 1.165) is 12.1 Å². The Morgan fingerprint density at radius 3 is 1.32 bits per heavy atom. The molecular formula is C30H22F12O16S2-2. The molecule has 0 fully saturated rings. The summed E-state index contributed by atoms with van der Waals surface area (Å²) in [4.78, 5) is 46.7. The highest BCUT2D eigenvalue weighted by atomic mass is 32.2. The summed E-state index contributed by atoms with van der Waals surface area (Å²) in [6.45, 7) is -0.516. The zero-order valence-electron chi connectivity index (χ0n) is 29.1. The Hall–Kier alpha value is -5.30. The van der Waals surface area contributed by atoms with Crippen molar-refractivity contribution in [2.75, 3.05) is 13.2 Å². The fourth-order valence-corrected chi connectivity index (χ4v) is 3.66. The average Bonchev–Trinajstić information content (AvgIpc) is 3.10. The van der Waals surface area contributed by atoms with Gasteiger partial charge in [0.25, 0.3) is 0 Å². The van der Waals surface area contributed by atoms with Gasteiger partial charge in [0.1, 0.15) is 25.6 Å². The second kappa shape index (κ2) is 19.4. The molecule has 336 valence electrons.